The van der Waals surface area contributed by atoms with Gasteiger partial charge in [-0.15, -0.1) is 0 Å². The number of aromatic nitrogens is 1. The van der Waals surface area contributed by atoms with Crippen molar-refractivity contribution in [3.63, 3.8) is 0 Å². The summed E-state index contributed by atoms with van der Waals surface area (Å²) < 4.78 is 28.6. The van der Waals surface area contributed by atoms with Crippen molar-refractivity contribution in [3.05, 3.63) is 17.5 Å². The molecule has 22 heavy (non-hydrogen) atoms. The molecule has 1 aromatic rings. The summed E-state index contributed by atoms with van der Waals surface area (Å²) in [5.74, 6) is 0.300. The van der Waals surface area contributed by atoms with Crippen LogP contribution in [-0.4, -0.2) is 29.9 Å². The molecule has 0 spiro atoms. The lowest BCUT2D eigenvalue weighted by Crippen LogP contribution is -2.43. The molecule has 0 unspecified atom stereocenters. The van der Waals surface area contributed by atoms with Gasteiger partial charge in [0.15, 0.2) is 15.6 Å². The number of hydrogen-bond donors (Lipinski definition) is 0. The quantitative estimate of drug-likeness (QED) is 0.802. The minimum atomic E-state index is -3.51. The van der Waals surface area contributed by atoms with Gasteiger partial charge in [-0.25, -0.2) is 8.42 Å². The molecule has 0 saturated heterocycles. The maximum atomic E-state index is 12.5. The lowest BCUT2D eigenvalue weighted by molar-refractivity contribution is -0.120. The summed E-state index contributed by atoms with van der Waals surface area (Å²) in [6, 6.07) is 1.73. The zero-order valence-corrected chi connectivity index (χ0v) is 15.4. The monoisotopic (exact) mass is 329 g/mol. The summed E-state index contributed by atoms with van der Waals surface area (Å²) in [7, 11) is -3.51. The third-order valence-corrected chi connectivity index (χ3v) is 6.53. The molecule has 0 amide bonds. The van der Waals surface area contributed by atoms with Crippen molar-refractivity contribution < 1.29 is 17.7 Å². The second kappa shape index (κ2) is 6.14. The van der Waals surface area contributed by atoms with Gasteiger partial charge in [0, 0.05) is 11.5 Å². The molecule has 1 aromatic heterocycles. The van der Waals surface area contributed by atoms with E-state index in [-0.39, 0.29) is 29.3 Å². The molecule has 0 aliphatic carbocycles. The van der Waals surface area contributed by atoms with Gasteiger partial charge in [0.1, 0.15) is 10.5 Å². The molecule has 1 rings (SSSR count). The van der Waals surface area contributed by atoms with Gasteiger partial charge in [-0.2, -0.15) is 0 Å². The van der Waals surface area contributed by atoms with Crippen molar-refractivity contribution in [2.75, 3.05) is 5.75 Å². The molecule has 6 heteroatoms. The first-order valence-electron chi connectivity index (χ1n) is 7.49. The van der Waals surface area contributed by atoms with Crippen molar-refractivity contribution in [2.45, 2.75) is 65.0 Å². The van der Waals surface area contributed by atoms with Gasteiger partial charge in [0.25, 0.3) is 0 Å². The van der Waals surface area contributed by atoms with Crippen LogP contribution in [0.2, 0.25) is 0 Å². The van der Waals surface area contributed by atoms with E-state index in [1.165, 1.54) is 13.8 Å². The Morgan fingerprint density at radius 1 is 1.23 bits per heavy atom. The van der Waals surface area contributed by atoms with Crippen LogP contribution in [-0.2, 0) is 26.5 Å². The highest BCUT2D eigenvalue weighted by Crippen LogP contribution is 2.25. The Bertz CT molecular complexity index is 633. The molecule has 5 nitrogen and oxygen atoms in total. The van der Waals surface area contributed by atoms with Crippen molar-refractivity contribution in [1.29, 1.82) is 0 Å². The second-order valence-corrected chi connectivity index (χ2v) is 10.3. The fourth-order valence-corrected chi connectivity index (χ4v) is 3.66. The number of carbonyl (C=O) groups is 1. The van der Waals surface area contributed by atoms with Crippen LogP contribution >= 0.6 is 0 Å². The summed E-state index contributed by atoms with van der Waals surface area (Å²) in [5.41, 5.74) is 0.274. The van der Waals surface area contributed by atoms with E-state index in [0.29, 0.717) is 11.5 Å². The summed E-state index contributed by atoms with van der Waals surface area (Å²) in [5, 5.41) is 3.89. The lowest BCUT2D eigenvalue weighted by Gasteiger charge is -2.24. The molecular weight excluding hydrogens is 302 g/mol. The Labute approximate surface area is 133 Å². The topological polar surface area (TPSA) is 77.2 Å². The standard InChI is InChI=1S/C16H27NO4S/c1-11(2)10-22(19,20)16(6,7)13(18)8-12-9-14(21-17-12)15(3,4)5/h9,11H,8,10H2,1-7H3. The predicted octanol–water partition coefficient (Wildman–Crippen LogP) is 2.93. The van der Waals surface area contributed by atoms with Gasteiger partial charge >= 0.3 is 0 Å². The zero-order chi connectivity index (χ0) is 17.3. The number of rotatable bonds is 6. The van der Waals surface area contributed by atoms with E-state index in [9.17, 15) is 13.2 Å². The van der Waals surface area contributed by atoms with Crippen LogP contribution in [0, 0.1) is 5.92 Å². The van der Waals surface area contributed by atoms with Gasteiger partial charge < -0.3 is 4.52 Å². The van der Waals surface area contributed by atoms with Crippen LogP contribution in [0.25, 0.3) is 0 Å². The van der Waals surface area contributed by atoms with E-state index in [0.717, 1.165) is 0 Å². The number of ketones is 1. The number of nitrogens with zero attached hydrogens (tertiary/aromatic N) is 1. The molecule has 0 aliphatic heterocycles. The van der Waals surface area contributed by atoms with E-state index in [1.807, 2.05) is 34.6 Å². The van der Waals surface area contributed by atoms with Crippen molar-refractivity contribution in [1.82, 2.24) is 5.16 Å². The highest BCUT2D eigenvalue weighted by atomic mass is 32.2. The van der Waals surface area contributed by atoms with E-state index >= 15 is 0 Å². The van der Waals surface area contributed by atoms with E-state index in [4.69, 9.17) is 4.52 Å². The fourth-order valence-electron chi connectivity index (χ4n) is 1.95. The van der Waals surface area contributed by atoms with Gasteiger partial charge in [-0.3, -0.25) is 4.79 Å². The molecule has 126 valence electrons. The molecule has 0 saturated carbocycles. The van der Waals surface area contributed by atoms with Crippen LogP contribution in [0.4, 0.5) is 0 Å². The molecule has 0 atom stereocenters. The molecule has 0 bridgehead atoms. The molecular formula is C16H27NO4S. The number of hydrogen-bond acceptors (Lipinski definition) is 5. The summed E-state index contributed by atoms with van der Waals surface area (Å²) in [6.07, 6.45) is -0.0378. The van der Waals surface area contributed by atoms with Crippen LogP contribution in [0.1, 0.15) is 59.9 Å². The lowest BCUT2D eigenvalue weighted by atomic mass is 9.92. The smallest absolute Gasteiger partial charge is 0.162 e. The highest BCUT2D eigenvalue weighted by Gasteiger charge is 2.41. The van der Waals surface area contributed by atoms with Gasteiger partial charge in [-0.05, 0) is 19.8 Å². The summed E-state index contributed by atoms with van der Waals surface area (Å²) >= 11 is 0. The maximum absolute atomic E-state index is 12.5. The Kier molecular flexibility index (Phi) is 5.27. The minimum absolute atomic E-state index is 0.00219. The normalized spacial score (nSPS) is 13.6. The molecule has 0 aliphatic rings. The average molecular weight is 329 g/mol. The van der Waals surface area contributed by atoms with Crippen molar-refractivity contribution in [3.8, 4) is 0 Å². The van der Waals surface area contributed by atoms with E-state index in [2.05, 4.69) is 5.16 Å². The van der Waals surface area contributed by atoms with Crippen LogP contribution in [0.3, 0.4) is 0 Å². The van der Waals surface area contributed by atoms with Gasteiger partial charge in [-0.1, -0.05) is 39.8 Å². The Morgan fingerprint density at radius 3 is 2.18 bits per heavy atom. The predicted molar refractivity (Wildman–Crippen MR) is 86.6 cm³/mol. The van der Waals surface area contributed by atoms with Crippen molar-refractivity contribution in [2.24, 2.45) is 5.92 Å². The second-order valence-electron chi connectivity index (χ2n) is 7.72. The summed E-state index contributed by atoms with van der Waals surface area (Å²) in [4.78, 5) is 12.5. The Hall–Kier alpha value is -1.17. The number of sulfone groups is 1. The highest BCUT2D eigenvalue weighted by molar-refractivity contribution is 7.93. The first kappa shape index (κ1) is 18.9. The summed E-state index contributed by atoms with van der Waals surface area (Å²) in [6.45, 7) is 12.5. The van der Waals surface area contributed by atoms with E-state index in [1.54, 1.807) is 6.07 Å². The first-order valence-corrected chi connectivity index (χ1v) is 9.14. The van der Waals surface area contributed by atoms with Crippen LogP contribution in [0.5, 0.6) is 0 Å². The molecule has 0 fully saturated rings. The molecule has 1 heterocycles. The molecule has 0 aromatic carbocycles. The Morgan fingerprint density at radius 2 is 1.77 bits per heavy atom. The first-order chi connectivity index (χ1) is 9.77. The van der Waals surface area contributed by atoms with Crippen molar-refractivity contribution >= 4 is 15.6 Å². The minimum Gasteiger partial charge on any atom is -0.361 e. The average Bonchev–Trinajstić information content (AvgIpc) is 2.74. The van der Waals surface area contributed by atoms with Crippen LogP contribution < -0.4 is 0 Å². The van der Waals surface area contributed by atoms with Gasteiger partial charge in [0.2, 0.25) is 0 Å². The third kappa shape index (κ3) is 4.18. The maximum Gasteiger partial charge on any atom is 0.162 e. The zero-order valence-electron chi connectivity index (χ0n) is 14.6. The largest absolute Gasteiger partial charge is 0.361 e. The molecule has 0 radical (unpaired) electrons. The third-order valence-electron chi connectivity index (χ3n) is 3.64. The number of carbonyl (C=O) groups excluding carboxylic acids is 1. The van der Waals surface area contributed by atoms with Gasteiger partial charge in [0.05, 0.1) is 17.9 Å². The number of Topliss-reactive ketones (excluding diaryl/α,β-unsaturated/α-hetero) is 1. The molecule has 0 N–H and O–H groups in total. The van der Waals surface area contributed by atoms with E-state index < -0.39 is 14.6 Å². The SMILES string of the molecule is CC(C)CS(=O)(=O)C(C)(C)C(=O)Cc1cc(C(C)(C)C)on1. The Balaban J connectivity index is 2.94. The van der Waals surface area contributed by atoms with Crippen LogP contribution in [0.15, 0.2) is 10.6 Å². The fraction of sp³-hybridized carbons (Fsp3) is 0.750.